The van der Waals surface area contributed by atoms with Crippen molar-refractivity contribution in [3.8, 4) is 0 Å². The molecule has 0 unspecified atom stereocenters. The SMILES string of the molecule is Cc1ccc(Cl)c2c1ccc1ccc3ccccc3c12. The van der Waals surface area contributed by atoms with Crippen molar-refractivity contribution in [1.29, 1.82) is 0 Å². The van der Waals surface area contributed by atoms with Gasteiger partial charge in [0.25, 0.3) is 0 Å². The molecule has 20 heavy (non-hydrogen) atoms. The van der Waals surface area contributed by atoms with Gasteiger partial charge in [0.2, 0.25) is 0 Å². The molecule has 0 spiro atoms. The molecule has 0 aromatic heterocycles. The molecule has 4 rings (SSSR count). The van der Waals surface area contributed by atoms with E-state index in [4.69, 9.17) is 11.6 Å². The summed E-state index contributed by atoms with van der Waals surface area (Å²) in [6.07, 6.45) is 0. The molecule has 4 aromatic rings. The second kappa shape index (κ2) is 4.22. The lowest BCUT2D eigenvalue weighted by Crippen LogP contribution is -1.84. The Morgan fingerprint density at radius 2 is 1.40 bits per heavy atom. The molecular weight excluding hydrogens is 264 g/mol. The van der Waals surface area contributed by atoms with E-state index in [1.54, 1.807) is 0 Å². The molecule has 0 aliphatic rings. The third-order valence-corrected chi connectivity index (χ3v) is 4.37. The van der Waals surface area contributed by atoms with Crippen LogP contribution in [0.15, 0.2) is 60.7 Å². The zero-order valence-electron chi connectivity index (χ0n) is 11.2. The van der Waals surface area contributed by atoms with Crippen LogP contribution in [0.2, 0.25) is 5.02 Å². The van der Waals surface area contributed by atoms with Crippen molar-refractivity contribution in [2.75, 3.05) is 0 Å². The minimum absolute atomic E-state index is 0.826. The maximum absolute atomic E-state index is 6.51. The van der Waals surface area contributed by atoms with E-state index in [-0.39, 0.29) is 0 Å². The van der Waals surface area contributed by atoms with Crippen LogP contribution < -0.4 is 0 Å². The van der Waals surface area contributed by atoms with Crippen molar-refractivity contribution in [2.24, 2.45) is 0 Å². The van der Waals surface area contributed by atoms with Crippen LogP contribution in [0, 0.1) is 6.92 Å². The number of benzene rings is 4. The van der Waals surface area contributed by atoms with E-state index in [2.05, 4.69) is 61.5 Å². The summed E-state index contributed by atoms with van der Waals surface area (Å²) in [6, 6.07) is 21.3. The molecule has 0 aliphatic heterocycles. The molecule has 0 saturated heterocycles. The van der Waals surface area contributed by atoms with Crippen LogP contribution in [0.25, 0.3) is 32.3 Å². The number of hydrogen-bond acceptors (Lipinski definition) is 0. The van der Waals surface area contributed by atoms with Crippen molar-refractivity contribution >= 4 is 43.9 Å². The second-order valence-corrected chi connectivity index (χ2v) is 5.64. The zero-order chi connectivity index (χ0) is 13.7. The summed E-state index contributed by atoms with van der Waals surface area (Å²) in [5.74, 6) is 0. The Morgan fingerprint density at radius 1 is 0.650 bits per heavy atom. The lowest BCUT2D eigenvalue weighted by molar-refractivity contribution is 1.54. The highest BCUT2D eigenvalue weighted by Gasteiger charge is 2.09. The first-order valence-corrected chi connectivity index (χ1v) is 7.13. The Kier molecular flexibility index (Phi) is 2.48. The van der Waals surface area contributed by atoms with Crippen LogP contribution in [0.4, 0.5) is 0 Å². The maximum atomic E-state index is 6.51. The maximum Gasteiger partial charge on any atom is 0.0491 e. The smallest absolute Gasteiger partial charge is 0.0491 e. The fourth-order valence-corrected chi connectivity index (χ4v) is 3.30. The molecule has 0 heterocycles. The molecule has 4 aromatic carbocycles. The topological polar surface area (TPSA) is 0 Å². The first-order valence-electron chi connectivity index (χ1n) is 6.75. The summed E-state index contributed by atoms with van der Waals surface area (Å²) >= 11 is 6.51. The lowest BCUT2D eigenvalue weighted by Gasteiger charge is -2.11. The van der Waals surface area contributed by atoms with E-state index in [9.17, 15) is 0 Å². The Bertz CT molecular complexity index is 967. The van der Waals surface area contributed by atoms with Gasteiger partial charge in [0.1, 0.15) is 0 Å². The fraction of sp³-hybridized carbons (Fsp3) is 0.0526. The van der Waals surface area contributed by atoms with Crippen molar-refractivity contribution in [3.63, 3.8) is 0 Å². The summed E-state index contributed by atoms with van der Waals surface area (Å²) in [6.45, 7) is 2.13. The summed E-state index contributed by atoms with van der Waals surface area (Å²) in [4.78, 5) is 0. The van der Waals surface area contributed by atoms with Gasteiger partial charge in [-0.25, -0.2) is 0 Å². The van der Waals surface area contributed by atoms with Crippen LogP contribution in [0.1, 0.15) is 5.56 Å². The summed E-state index contributed by atoms with van der Waals surface area (Å²) in [5.41, 5.74) is 1.26. The molecule has 0 radical (unpaired) electrons. The fourth-order valence-electron chi connectivity index (χ4n) is 3.05. The van der Waals surface area contributed by atoms with Gasteiger partial charge >= 0.3 is 0 Å². The summed E-state index contributed by atoms with van der Waals surface area (Å²) in [7, 11) is 0. The Labute approximate surface area is 122 Å². The van der Waals surface area contributed by atoms with Gasteiger partial charge in [0.05, 0.1) is 0 Å². The van der Waals surface area contributed by atoms with E-state index in [0.29, 0.717) is 0 Å². The molecule has 0 nitrogen and oxygen atoms in total. The van der Waals surface area contributed by atoms with Gasteiger partial charge in [0, 0.05) is 10.4 Å². The molecular formula is C19H13Cl. The normalized spacial score (nSPS) is 11.5. The van der Waals surface area contributed by atoms with Crippen LogP contribution >= 0.6 is 11.6 Å². The average Bonchev–Trinajstić information content (AvgIpc) is 2.50. The van der Waals surface area contributed by atoms with E-state index >= 15 is 0 Å². The third-order valence-electron chi connectivity index (χ3n) is 4.05. The number of halogens is 1. The van der Waals surface area contributed by atoms with Crippen LogP contribution in [0.3, 0.4) is 0 Å². The molecule has 0 bridgehead atoms. The summed E-state index contributed by atoms with van der Waals surface area (Å²) < 4.78 is 0. The average molecular weight is 277 g/mol. The minimum Gasteiger partial charge on any atom is -0.0836 e. The number of aryl methyl sites for hydroxylation is 1. The van der Waals surface area contributed by atoms with Gasteiger partial charge < -0.3 is 0 Å². The number of fused-ring (bicyclic) bond motifs is 5. The van der Waals surface area contributed by atoms with E-state index in [0.717, 1.165) is 5.02 Å². The van der Waals surface area contributed by atoms with Gasteiger partial charge in [-0.2, -0.15) is 0 Å². The Morgan fingerprint density at radius 3 is 2.30 bits per heavy atom. The highest BCUT2D eigenvalue weighted by molar-refractivity contribution is 6.39. The molecule has 0 N–H and O–H groups in total. The minimum atomic E-state index is 0.826. The van der Waals surface area contributed by atoms with E-state index in [1.807, 2.05) is 6.07 Å². The zero-order valence-corrected chi connectivity index (χ0v) is 11.9. The van der Waals surface area contributed by atoms with Gasteiger partial charge in [-0.1, -0.05) is 66.2 Å². The van der Waals surface area contributed by atoms with Crippen LogP contribution in [-0.2, 0) is 0 Å². The predicted octanol–water partition coefficient (Wildman–Crippen LogP) is 6.11. The molecule has 96 valence electrons. The Hall–Kier alpha value is -2.05. The molecule has 1 heteroatoms. The Balaban J connectivity index is 2.40. The van der Waals surface area contributed by atoms with Crippen molar-refractivity contribution in [2.45, 2.75) is 6.92 Å². The van der Waals surface area contributed by atoms with Crippen molar-refractivity contribution in [1.82, 2.24) is 0 Å². The van der Waals surface area contributed by atoms with E-state index in [1.165, 1.54) is 37.9 Å². The first-order chi connectivity index (χ1) is 9.75. The standard InChI is InChI=1S/C19H13Cl/c1-12-6-11-17(20)19-15(12)10-9-14-8-7-13-4-2-3-5-16(13)18(14)19/h2-11H,1H3. The van der Waals surface area contributed by atoms with Gasteiger partial charge in [-0.05, 0) is 45.5 Å². The molecule has 0 atom stereocenters. The van der Waals surface area contributed by atoms with E-state index < -0.39 is 0 Å². The van der Waals surface area contributed by atoms with Crippen molar-refractivity contribution < 1.29 is 0 Å². The van der Waals surface area contributed by atoms with Gasteiger partial charge in [-0.3, -0.25) is 0 Å². The second-order valence-electron chi connectivity index (χ2n) is 5.24. The summed E-state index contributed by atoms with van der Waals surface area (Å²) in [5, 5.41) is 8.25. The van der Waals surface area contributed by atoms with Gasteiger partial charge in [0.15, 0.2) is 0 Å². The molecule has 0 fully saturated rings. The molecule has 0 saturated carbocycles. The largest absolute Gasteiger partial charge is 0.0836 e. The quantitative estimate of drug-likeness (QED) is 0.340. The monoisotopic (exact) mass is 276 g/mol. The predicted molar refractivity (Wildman–Crippen MR) is 88.7 cm³/mol. The first kappa shape index (κ1) is 11.7. The third kappa shape index (κ3) is 1.55. The molecule has 0 aliphatic carbocycles. The highest BCUT2D eigenvalue weighted by Crippen LogP contribution is 2.37. The number of hydrogen-bond donors (Lipinski definition) is 0. The van der Waals surface area contributed by atoms with Crippen molar-refractivity contribution in [3.05, 3.63) is 71.2 Å². The van der Waals surface area contributed by atoms with Crippen LogP contribution in [0.5, 0.6) is 0 Å². The van der Waals surface area contributed by atoms with Gasteiger partial charge in [-0.15, -0.1) is 0 Å². The molecule has 0 amide bonds. The lowest BCUT2D eigenvalue weighted by atomic mass is 9.95. The van der Waals surface area contributed by atoms with Crippen LogP contribution in [-0.4, -0.2) is 0 Å². The highest BCUT2D eigenvalue weighted by atomic mass is 35.5. The number of rotatable bonds is 0.